The third-order valence-corrected chi connectivity index (χ3v) is 8.25. The SMILES string of the molecule is CCOC(=O)C1=C(c2ccccc2)N=c2s/c(=C\c3ccc(OCc4cccc(Cl)c4)cc3)c(=O)n2[C@H]1c1ccc(F)cc1. The highest BCUT2D eigenvalue weighted by Gasteiger charge is 2.35. The number of fused-ring (bicyclic) bond motifs is 1. The average Bonchev–Trinajstić information content (AvgIpc) is 3.35. The van der Waals surface area contributed by atoms with Crippen molar-refractivity contribution in [1.82, 2.24) is 4.57 Å². The predicted octanol–water partition coefficient (Wildman–Crippen LogP) is 6.31. The van der Waals surface area contributed by atoms with Crippen molar-refractivity contribution in [2.45, 2.75) is 19.6 Å². The molecule has 1 aromatic heterocycles. The first-order valence-corrected chi connectivity index (χ1v) is 15.1. The summed E-state index contributed by atoms with van der Waals surface area (Å²) >= 11 is 7.29. The highest BCUT2D eigenvalue weighted by atomic mass is 35.5. The van der Waals surface area contributed by atoms with E-state index in [1.807, 2.05) is 78.9 Å². The maximum Gasteiger partial charge on any atom is 0.338 e. The monoisotopic (exact) mass is 624 g/mol. The molecular weight excluding hydrogens is 599 g/mol. The second-order valence-electron chi connectivity index (χ2n) is 9.97. The van der Waals surface area contributed by atoms with Gasteiger partial charge < -0.3 is 9.47 Å². The van der Waals surface area contributed by atoms with E-state index in [1.54, 1.807) is 25.1 Å². The minimum Gasteiger partial charge on any atom is -0.489 e. The lowest BCUT2D eigenvalue weighted by molar-refractivity contribution is -0.138. The van der Waals surface area contributed by atoms with E-state index < -0.39 is 17.8 Å². The molecule has 0 amide bonds. The molecule has 1 aliphatic heterocycles. The number of nitrogens with zero attached hydrogens (tertiary/aromatic N) is 2. The second-order valence-corrected chi connectivity index (χ2v) is 11.4. The molecule has 0 unspecified atom stereocenters. The maximum absolute atomic E-state index is 14.0. The van der Waals surface area contributed by atoms with Gasteiger partial charge in [0.2, 0.25) is 0 Å². The Morgan fingerprint density at radius 3 is 2.45 bits per heavy atom. The van der Waals surface area contributed by atoms with Crippen LogP contribution in [0.3, 0.4) is 0 Å². The number of halogens is 2. The van der Waals surface area contributed by atoms with Crippen LogP contribution in [0.1, 0.15) is 35.2 Å². The number of ether oxygens (including phenoxy) is 2. The van der Waals surface area contributed by atoms with Crippen LogP contribution in [0, 0.1) is 5.82 Å². The molecule has 0 fully saturated rings. The number of hydrogen-bond acceptors (Lipinski definition) is 6. The zero-order valence-electron chi connectivity index (χ0n) is 23.6. The molecule has 4 aromatic carbocycles. The quantitative estimate of drug-likeness (QED) is 0.190. The Balaban J connectivity index is 1.43. The Labute approximate surface area is 261 Å². The number of esters is 1. The van der Waals surface area contributed by atoms with Gasteiger partial charge in [0.15, 0.2) is 4.80 Å². The average molecular weight is 625 g/mol. The van der Waals surface area contributed by atoms with Crippen molar-refractivity contribution in [2.75, 3.05) is 6.61 Å². The topological polar surface area (TPSA) is 69.9 Å². The lowest BCUT2D eigenvalue weighted by Gasteiger charge is -2.25. The summed E-state index contributed by atoms with van der Waals surface area (Å²) in [5.74, 6) is -0.343. The lowest BCUT2D eigenvalue weighted by Crippen LogP contribution is -2.40. The summed E-state index contributed by atoms with van der Waals surface area (Å²) < 4.78 is 27.2. The van der Waals surface area contributed by atoms with Crippen molar-refractivity contribution in [2.24, 2.45) is 4.99 Å². The standard InChI is InChI=1S/C35H26ClFN2O4S/c1-2-42-34(41)30-31(24-8-4-3-5-9-24)38-35-39(32(30)25-13-15-27(37)16-14-25)33(40)29(44-35)20-22-11-17-28(18-12-22)43-21-23-7-6-10-26(36)19-23/h3-20,32H,2,21H2,1H3/b29-20-/t32-/m0/s1. The zero-order valence-corrected chi connectivity index (χ0v) is 25.1. The molecule has 9 heteroatoms. The fraction of sp³-hybridized carbons (Fsp3) is 0.114. The number of benzene rings is 4. The van der Waals surface area contributed by atoms with Crippen LogP contribution >= 0.6 is 22.9 Å². The summed E-state index contributed by atoms with van der Waals surface area (Å²) in [6.07, 6.45) is 1.78. The van der Waals surface area contributed by atoms with Crippen LogP contribution in [0.4, 0.5) is 4.39 Å². The van der Waals surface area contributed by atoms with Crippen molar-refractivity contribution in [3.05, 3.63) is 161 Å². The van der Waals surface area contributed by atoms with Crippen molar-refractivity contribution < 1.29 is 18.7 Å². The smallest absolute Gasteiger partial charge is 0.338 e. The van der Waals surface area contributed by atoms with Gasteiger partial charge in [0.25, 0.3) is 5.56 Å². The summed E-state index contributed by atoms with van der Waals surface area (Å²) in [7, 11) is 0. The van der Waals surface area contributed by atoms with Crippen LogP contribution in [0.5, 0.6) is 5.75 Å². The number of thiazole rings is 1. The molecule has 0 saturated heterocycles. The van der Waals surface area contributed by atoms with Crippen LogP contribution in [0.15, 0.2) is 118 Å². The molecule has 0 spiro atoms. The van der Waals surface area contributed by atoms with Crippen molar-refractivity contribution in [1.29, 1.82) is 0 Å². The Morgan fingerprint density at radius 2 is 1.75 bits per heavy atom. The number of hydrogen-bond donors (Lipinski definition) is 0. The van der Waals surface area contributed by atoms with Gasteiger partial charge in [-0.25, -0.2) is 14.2 Å². The fourth-order valence-electron chi connectivity index (χ4n) is 5.01. The van der Waals surface area contributed by atoms with Gasteiger partial charge in [-0.3, -0.25) is 9.36 Å². The Hall–Kier alpha value is -4.79. The number of rotatable bonds is 8. The van der Waals surface area contributed by atoms with Crippen LogP contribution in [0.2, 0.25) is 5.02 Å². The van der Waals surface area contributed by atoms with Crippen LogP contribution in [-0.2, 0) is 16.1 Å². The van der Waals surface area contributed by atoms with E-state index in [2.05, 4.69) is 0 Å². The van der Waals surface area contributed by atoms with Crippen LogP contribution < -0.4 is 19.6 Å². The highest BCUT2D eigenvalue weighted by Crippen LogP contribution is 2.35. The van der Waals surface area contributed by atoms with E-state index >= 15 is 0 Å². The molecule has 0 aliphatic carbocycles. The first-order valence-electron chi connectivity index (χ1n) is 13.9. The van der Waals surface area contributed by atoms with Crippen molar-refractivity contribution in [3.63, 3.8) is 0 Å². The van der Waals surface area contributed by atoms with Gasteiger partial charge in [-0.05, 0) is 66.1 Å². The third kappa shape index (κ3) is 6.13. The predicted molar refractivity (Wildman–Crippen MR) is 170 cm³/mol. The van der Waals surface area contributed by atoms with Gasteiger partial charge in [-0.1, -0.05) is 89.7 Å². The first kappa shape index (κ1) is 29.3. The van der Waals surface area contributed by atoms with Gasteiger partial charge in [0, 0.05) is 10.6 Å². The Morgan fingerprint density at radius 1 is 1.00 bits per heavy atom. The second kappa shape index (κ2) is 12.8. The third-order valence-electron chi connectivity index (χ3n) is 7.03. The molecule has 1 atom stereocenters. The molecule has 0 saturated carbocycles. The lowest BCUT2D eigenvalue weighted by atomic mass is 9.93. The minimum atomic E-state index is -0.870. The molecule has 5 aromatic rings. The Bertz CT molecular complexity index is 2040. The van der Waals surface area contributed by atoms with E-state index in [4.69, 9.17) is 26.1 Å². The minimum absolute atomic E-state index is 0.143. The van der Waals surface area contributed by atoms with Gasteiger partial charge in [-0.2, -0.15) is 0 Å². The zero-order chi connectivity index (χ0) is 30.6. The number of carbonyl (C=O) groups is 1. The first-order chi connectivity index (χ1) is 21.4. The van der Waals surface area contributed by atoms with E-state index in [1.165, 1.54) is 28.0 Å². The molecule has 0 N–H and O–H groups in total. The van der Waals surface area contributed by atoms with Gasteiger partial charge in [-0.15, -0.1) is 0 Å². The van der Waals surface area contributed by atoms with Crippen molar-refractivity contribution >= 4 is 40.7 Å². The van der Waals surface area contributed by atoms with Crippen LogP contribution in [-0.4, -0.2) is 17.1 Å². The van der Waals surface area contributed by atoms with E-state index in [-0.39, 0.29) is 17.7 Å². The largest absolute Gasteiger partial charge is 0.489 e. The van der Waals surface area contributed by atoms with Gasteiger partial charge in [0.05, 0.1) is 28.5 Å². The molecule has 220 valence electrons. The Kier molecular flexibility index (Phi) is 8.54. The van der Waals surface area contributed by atoms with E-state index in [0.29, 0.717) is 43.5 Å². The molecule has 1 aliphatic rings. The number of carbonyl (C=O) groups excluding carboxylic acids is 1. The summed E-state index contributed by atoms with van der Waals surface area (Å²) in [4.78, 5) is 32.7. The number of aromatic nitrogens is 1. The normalized spacial score (nSPS) is 14.6. The molecule has 6 nitrogen and oxygen atoms in total. The van der Waals surface area contributed by atoms with E-state index in [0.717, 1.165) is 11.1 Å². The summed E-state index contributed by atoms with van der Waals surface area (Å²) in [6, 6.07) is 29.1. The molecule has 6 rings (SSSR count). The fourth-order valence-corrected chi connectivity index (χ4v) is 6.22. The molecule has 44 heavy (non-hydrogen) atoms. The van der Waals surface area contributed by atoms with Crippen LogP contribution in [0.25, 0.3) is 11.8 Å². The van der Waals surface area contributed by atoms with Crippen molar-refractivity contribution in [3.8, 4) is 5.75 Å². The highest BCUT2D eigenvalue weighted by molar-refractivity contribution is 7.07. The van der Waals surface area contributed by atoms with E-state index in [9.17, 15) is 14.0 Å². The molecule has 0 bridgehead atoms. The molecule has 0 radical (unpaired) electrons. The summed E-state index contributed by atoms with van der Waals surface area (Å²) in [5.41, 5.74) is 3.31. The molecule has 2 heterocycles. The van der Waals surface area contributed by atoms with Gasteiger partial charge in [0.1, 0.15) is 18.2 Å². The van der Waals surface area contributed by atoms with Gasteiger partial charge >= 0.3 is 5.97 Å². The summed E-state index contributed by atoms with van der Waals surface area (Å²) in [6.45, 7) is 2.23. The molecular formula is C35H26ClFN2O4S. The summed E-state index contributed by atoms with van der Waals surface area (Å²) in [5, 5.41) is 0.648. The maximum atomic E-state index is 14.0.